The number of aryl methyl sites for hydroxylation is 2. The van der Waals surface area contributed by atoms with Crippen molar-refractivity contribution < 1.29 is 8.78 Å². The Bertz CT molecular complexity index is 387. The van der Waals surface area contributed by atoms with E-state index in [9.17, 15) is 8.78 Å². The summed E-state index contributed by atoms with van der Waals surface area (Å²) in [4.78, 5) is 8.47. The molecule has 3 nitrogen and oxygen atoms in total. The van der Waals surface area contributed by atoms with E-state index in [-0.39, 0.29) is 18.9 Å². The third kappa shape index (κ3) is 2.13. The molecule has 1 aromatic heterocycles. The molecule has 1 N–H and O–H groups in total. The molecule has 0 amide bonds. The average molecular weight is 227 g/mol. The van der Waals surface area contributed by atoms with Crippen LogP contribution in [0.1, 0.15) is 29.8 Å². The van der Waals surface area contributed by atoms with Crippen LogP contribution in [0.5, 0.6) is 0 Å². The molecule has 0 saturated heterocycles. The number of nitrogens with one attached hydrogen (secondary N) is 1. The molecule has 5 heteroatoms. The lowest BCUT2D eigenvalue weighted by atomic mass is 9.88. The summed E-state index contributed by atoms with van der Waals surface area (Å²) in [6.07, 6.45) is -0.245. The molecule has 0 radical (unpaired) electrons. The van der Waals surface area contributed by atoms with Crippen LogP contribution in [-0.4, -0.2) is 21.9 Å². The molecule has 0 spiro atoms. The van der Waals surface area contributed by atoms with Crippen LogP contribution in [0.3, 0.4) is 0 Å². The van der Waals surface area contributed by atoms with Crippen LogP contribution in [0.25, 0.3) is 0 Å². The van der Waals surface area contributed by atoms with Crippen molar-refractivity contribution in [3.05, 3.63) is 17.0 Å². The van der Waals surface area contributed by atoms with Gasteiger partial charge < -0.3 is 5.32 Å². The van der Waals surface area contributed by atoms with Crippen molar-refractivity contribution >= 4 is 5.95 Å². The minimum Gasteiger partial charge on any atom is -0.351 e. The van der Waals surface area contributed by atoms with Gasteiger partial charge in [-0.25, -0.2) is 18.7 Å². The summed E-state index contributed by atoms with van der Waals surface area (Å²) in [5.41, 5.74) is 2.83. The van der Waals surface area contributed by atoms with Crippen molar-refractivity contribution in [2.24, 2.45) is 0 Å². The fourth-order valence-corrected chi connectivity index (χ4v) is 1.78. The predicted octanol–water partition coefficient (Wildman–Crippen LogP) is 2.61. The van der Waals surface area contributed by atoms with Gasteiger partial charge in [0.25, 0.3) is 5.92 Å². The molecule has 1 heterocycles. The number of hydrogen-bond donors (Lipinski definition) is 1. The minimum absolute atomic E-state index is 0.123. The number of aromatic nitrogens is 2. The summed E-state index contributed by atoms with van der Waals surface area (Å²) in [6.45, 7) is 5.74. The highest BCUT2D eigenvalue weighted by Gasteiger charge is 2.45. The molecule has 1 aliphatic carbocycles. The minimum atomic E-state index is -2.51. The summed E-state index contributed by atoms with van der Waals surface area (Å²) >= 11 is 0. The van der Waals surface area contributed by atoms with E-state index in [1.54, 1.807) is 0 Å². The Morgan fingerprint density at radius 2 is 1.62 bits per heavy atom. The summed E-state index contributed by atoms with van der Waals surface area (Å²) in [5.74, 6) is -2.05. The van der Waals surface area contributed by atoms with E-state index in [1.165, 1.54) is 0 Å². The monoisotopic (exact) mass is 227 g/mol. The van der Waals surface area contributed by atoms with Gasteiger partial charge in [0.1, 0.15) is 0 Å². The molecule has 88 valence electrons. The molecule has 0 bridgehead atoms. The maximum absolute atomic E-state index is 12.6. The van der Waals surface area contributed by atoms with Crippen LogP contribution in [0.15, 0.2) is 0 Å². The molecule has 16 heavy (non-hydrogen) atoms. The summed E-state index contributed by atoms with van der Waals surface area (Å²) in [5, 5.41) is 2.94. The molecule has 1 saturated carbocycles. The number of hydrogen-bond acceptors (Lipinski definition) is 3. The molecule has 0 atom stereocenters. The van der Waals surface area contributed by atoms with Crippen molar-refractivity contribution in [1.29, 1.82) is 0 Å². The van der Waals surface area contributed by atoms with E-state index >= 15 is 0 Å². The van der Waals surface area contributed by atoms with E-state index in [0.29, 0.717) is 5.95 Å². The molecular weight excluding hydrogens is 212 g/mol. The van der Waals surface area contributed by atoms with E-state index in [2.05, 4.69) is 15.3 Å². The Hall–Kier alpha value is -1.26. The normalized spacial score (nSPS) is 19.3. The quantitative estimate of drug-likeness (QED) is 0.843. The zero-order chi connectivity index (χ0) is 11.9. The fourth-order valence-electron chi connectivity index (χ4n) is 1.78. The van der Waals surface area contributed by atoms with Gasteiger partial charge in [-0.15, -0.1) is 0 Å². The van der Waals surface area contributed by atoms with Gasteiger partial charge in [-0.2, -0.15) is 0 Å². The Kier molecular flexibility index (Phi) is 2.56. The lowest BCUT2D eigenvalue weighted by molar-refractivity contribution is -0.0794. The Morgan fingerprint density at radius 3 is 2.06 bits per heavy atom. The zero-order valence-corrected chi connectivity index (χ0v) is 9.64. The first kappa shape index (κ1) is 11.2. The highest BCUT2D eigenvalue weighted by Crippen LogP contribution is 2.38. The lowest BCUT2D eigenvalue weighted by Crippen LogP contribution is -2.44. The van der Waals surface area contributed by atoms with Gasteiger partial charge in [0, 0.05) is 30.3 Å². The number of rotatable bonds is 2. The standard InChI is InChI=1S/C11H15F2N3/c1-6-7(2)14-10(15-8(6)3)16-9-4-11(12,13)5-9/h9H,4-5H2,1-3H3,(H,14,15,16). The Labute approximate surface area is 93.3 Å². The van der Waals surface area contributed by atoms with E-state index < -0.39 is 5.92 Å². The second kappa shape index (κ2) is 3.64. The topological polar surface area (TPSA) is 37.8 Å². The van der Waals surface area contributed by atoms with Crippen LogP contribution in [0, 0.1) is 20.8 Å². The Morgan fingerprint density at radius 1 is 1.12 bits per heavy atom. The summed E-state index contributed by atoms with van der Waals surface area (Å²) < 4.78 is 25.3. The first-order chi connectivity index (χ1) is 7.37. The van der Waals surface area contributed by atoms with Crippen molar-refractivity contribution in [3.63, 3.8) is 0 Å². The fraction of sp³-hybridized carbons (Fsp3) is 0.636. The SMILES string of the molecule is Cc1nc(NC2CC(F)(F)C2)nc(C)c1C. The smallest absolute Gasteiger partial charge is 0.252 e. The molecule has 0 aromatic carbocycles. The maximum Gasteiger partial charge on any atom is 0.252 e. The number of halogens is 2. The lowest BCUT2D eigenvalue weighted by Gasteiger charge is -2.35. The Balaban J connectivity index is 2.06. The zero-order valence-electron chi connectivity index (χ0n) is 9.64. The summed E-state index contributed by atoms with van der Waals surface area (Å²) in [6, 6.07) is -0.198. The van der Waals surface area contributed by atoms with E-state index in [4.69, 9.17) is 0 Å². The average Bonchev–Trinajstić information content (AvgIpc) is 2.11. The van der Waals surface area contributed by atoms with Crippen molar-refractivity contribution in [1.82, 2.24) is 9.97 Å². The van der Waals surface area contributed by atoms with Crippen molar-refractivity contribution in [2.75, 3.05) is 5.32 Å². The molecule has 0 unspecified atom stereocenters. The van der Waals surface area contributed by atoms with E-state index in [0.717, 1.165) is 17.0 Å². The highest BCUT2D eigenvalue weighted by molar-refractivity contribution is 5.34. The second-order valence-corrected chi connectivity index (χ2v) is 4.45. The molecule has 1 fully saturated rings. The molecule has 2 rings (SSSR count). The second-order valence-electron chi connectivity index (χ2n) is 4.45. The first-order valence-corrected chi connectivity index (χ1v) is 5.33. The van der Waals surface area contributed by atoms with Gasteiger partial charge in [-0.1, -0.05) is 0 Å². The molecular formula is C11H15F2N3. The van der Waals surface area contributed by atoms with Crippen LogP contribution in [0.4, 0.5) is 14.7 Å². The van der Waals surface area contributed by atoms with Gasteiger partial charge in [-0.05, 0) is 26.3 Å². The highest BCUT2D eigenvalue weighted by atomic mass is 19.3. The van der Waals surface area contributed by atoms with Gasteiger partial charge in [0.15, 0.2) is 0 Å². The van der Waals surface area contributed by atoms with Crippen LogP contribution < -0.4 is 5.32 Å². The van der Waals surface area contributed by atoms with Gasteiger partial charge in [-0.3, -0.25) is 0 Å². The maximum atomic E-state index is 12.6. The molecule has 1 aromatic rings. The predicted molar refractivity (Wildman–Crippen MR) is 57.8 cm³/mol. The van der Waals surface area contributed by atoms with E-state index in [1.807, 2.05) is 20.8 Å². The number of nitrogens with zero attached hydrogens (tertiary/aromatic N) is 2. The van der Waals surface area contributed by atoms with Gasteiger partial charge in [0.05, 0.1) is 0 Å². The van der Waals surface area contributed by atoms with Crippen molar-refractivity contribution in [2.45, 2.75) is 45.6 Å². The largest absolute Gasteiger partial charge is 0.351 e. The first-order valence-electron chi connectivity index (χ1n) is 5.33. The third-order valence-electron chi connectivity index (χ3n) is 3.06. The third-order valence-corrected chi connectivity index (χ3v) is 3.06. The van der Waals surface area contributed by atoms with Crippen LogP contribution >= 0.6 is 0 Å². The number of alkyl halides is 2. The van der Waals surface area contributed by atoms with Gasteiger partial charge in [0.2, 0.25) is 5.95 Å². The molecule has 0 aliphatic heterocycles. The number of anilines is 1. The van der Waals surface area contributed by atoms with Crippen molar-refractivity contribution in [3.8, 4) is 0 Å². The summed E-state index contributed by atoms with van der Waals surface area (Å²) in [7, 11) is 0. The molecule has 1 aliphatic rings. The van der Waals surface area contributed by atoms with Crippen LogP contribution in [0.2, 0.25) is 0 Å². The van der Waals surface area contributed by atoms with Crippen LogP contribution in [-0.2, 0) is 0 Å². The van der Waals surface area contributed by atoms with Gasteiger partial charge >= 0.3 is 0 Å².